The largest absolute Gasteiger partial charge is 0.389 e. The van der Waals surface area contributed by atoms with E-state index in [0.29, 0.717) is 16.4 Å². The maximum atomic E-state index is 12.0. The maximum absolute atomic E-state index is 12.0. The molecule has 0 radical (unpaired) electrons. The van der Waals surface area contributed by atoms with E-state index in [2.05, 4.69) is 0 Å². The van der Waals surface area contributed by atoms with Gasteiger partial charge in [0.05, 0.1) is 10.7 Å². The highest BCUT2D eigenvalue weighted by Gasteiger charge is 2.20. The first-order valence-electron chi connectivity index (χ1n) is 5.99. The number of amides is 1. The van der Waals surface area contributed by atoms with Gasteiger partial charge in [-0.1, -0.05) is 30.2 Å². The van der Waals surface area contributed by atoms with Crippen LogP contribution in [0, 0.1) is 0 Å². The van der Waals surface area contributed by atoms with Gasteiger partial charge in [0.25, 0.3) is 0 Å². The molecule has 1 aliphatic rings. The third-order valence-electron chi connectivity index (χ3n) is 3.10. The van der Waals surface area contributed by atoms with Crippen molar-refractivity contribution in [2.45, 2.75) is 25.7 Å². The number of benzene rings is 1. The van der Waals surface area contributed by atoms with Crippen LogP contribution in [0.5, 0.6) is 0 Å². The second kappa shape index (κ2) is 5.67. The first kappa shape index (κ1) is 13.3. The van der Waals surface area contributed by atoms with Crippen molar-refractivity contribution in [3.63, 3.8) is 0 Å². The lowest BCUT2D eigenvalue weighted by Crippen LogP contribution is -2.30. The summed E-state index contributed by atoms with van der Waals surface area (Å²) in [5, 5.41) is 0.524. The van der Waals surface area contributed by atoms with Crippen LogP contribution < -0.4 is 10.6 Å². The van der Waals surface area contributed by atoms with Gasteiger partial charge in [-0.15, -0.1) is 0 Å². The summed E-state index contributed by atoms with van der Waals surface area (Å²) >= 11 is 11.1. The minimum Gasteiger partial charge on any atom is -0.389 e. The van der Waals surface area contributed by atoms with Gasteiger partial charge in [0.1, 0.15) is 4.99 Å². The third kappa shape index (κ3) is 2.82. The van der Waals surface area contributed by atoms with Crippen molar-refractivity contribution in [3.05, 3.63) is 28.8 Å². The van der Waals surface area contributed by atoms with Gasteiger partial charge in [-0.2, -0.15) is 0 Å². The van der Waals surface area contributed by atoms with Crippen molar-refractivity contribution in [2.75, 3.05) is 11.4 Å². The second-order valence-electron chi connectivity index (χ2n) is 4.39. The van der Waals surface area contributed by atoms with Crippen molar-refractivity contribution >= 4 is 40.4 Å². The van der Waals surface area contributed by atoms with Crippen molar-refractivity contribution < 1.29 is 4.79 Å². The first-order chi connectivity index (χ1) is 8.59. The number of carbonyl (C=O) groups is 1. The Labute approximate surface area is 117 Å². The Kier molecular flexibility index (Phi) is 4.19. The summed E-state index contributed by atoms with van der Waals surface area (Å²) in [6, 6.07) is 5.35. The molecule has 0 spiro atoms. The van der Waals surface area contributed by atoms with Gasteiger partial charge >= 0.3 is 0 Å². The van der Waals surface area contributed by atoms with Crippen LogP contribution in [0.15, 0.2) is 18.2 Å². The van der Waals surface area contributed by atoms with Crippen molar-refractivity contribution in [1.29, 1.82) is 0 Å². The molecule has 3 nitrogen and oxygen atoms in total. The lowest BCUT2D eigenvalue weighted by molar-refractivity contribution is -0.118. The van der Waals surface area contributed by atoms with Gasteiger partial charge < -0.3 is 10.6 Å². The van der Waals surface area contributed by atoms with Crippen LogP contribution in [0.25, 0.3) is 0 Å². The Morgan fingerprint density at radius 2 is 2.11 bits per heavy atom. The van der Waals surface area contributed by atoms with Gasteiger partial charge in [0.2, 0.25) is 5.91 Å². The van der Waals surface area contributed by atoms with E-state index in [0.717, 1.165) is 37.1 Å². The molecule has 0 unspecified atom stereocenters. The molecule has 0 aromatic heterocycles. The number of anilines is 1. The number of carbonyl (C=O) groups excluding carboxylic acids is 1. The SMILES string of the molecule is NC(=S)c1ccc(N2CCCCCC2=O)c(Cl)c1. The number of thiocarbonyl (C=S) groups is 1. The number of hydrogen-bond acceptors (Lipinski definition) is 2. The van der Waals surface area contributed by atoms with Crippen LogP contribution in [0.2, 0.25) is 5.02 Å². The normalized spacial score (nSPS) is 16.5. The third-order valence-corrected chi connectivity index (χ3v) is 3.63. The molecule has 1 aromatic carbocycles. The number of nitrogens with two attached hydrogens (primary N) is 1. The Morgan fingerprint density at radius 1 is 1.33 bits per heavy atom. The van der Waals surface area contributed by atoms with E-state index in [1.165, 1.54) is 0 Å². The molecule has 2 N–H and O–H groups in total. The fourth-order valence-electron chi connectivity index (χ4n) is 2.12. The summed E-state index contributed by atoms with van der Waals surface area (Å²) in [7, 11) is 0. The molecule has 0 atom stereocenters. The maximum Gasteiger partial charge on any atom is 0.227 e. The van der Waals surface area contributed by atoms with Crippen LogP contribution >= 0.6 is 23.8 Å². The molecule has 0 saturated carbocycles. The van der Waals surface area contributed by atoms with E-state index in [1.807, 2.05) is 12.1 Å². The molecule has 1 aliphatic heterocycles. The van der Waals surface area contributed by atoms with E-state index in [-0.39, 0.29) is 5.91 Å². The number of halogens is 1. The molecule has 1 heterocycles. The first-order valence-corrected chi connectivity index (χ1v) is 6.78. The molecular weight excluding hydrogens is 268 g/mol. The molecule has 1 fully saturated rings. The lowest BCUT2D eigenvalue weighted by Gasteiger charge is -2.22. The molecular formula is C13H15ClN2OS. The highest BCUT2D eigenvalue weighted by atomic mass is 35.5. The van der Waals surface area contributed by atoms with E-state index in [1.54, 1.807) is 11.0 Å². The molecule has 2 rings (SSSR count). The Morgan fingerprint density at radius 3 is 2.78 bits per heavy atom. The topological polar surface area (TPSA) is 46.3 Å². The van der Waals surface area contributed by atoms with Gasteiger partial charge in [-0.05, 0) is 31.0 Å². The van der Waals surface area contributed by atoms with E-state index in [9.17, 15) is 4.79 Å². The number of rotatable bonds is 2. The predicted octanol–water partition coefficient (Wildman–Crippen LogP) is 2.88. The summed E-state index contributed by atoms with van der Waals surface area (Å²) in [5.74, 6) is 0.137. The Balaban J connectivity index is 2.32. The molecule has 1 aromatic rings. The van der Waals surface area contributed by atoms with Crippen molar-refractivity contribution in [1.82, 2.24) is 0 Å². The highest BCUT2D eigenvalue weighted by Crippen LogP contribution is 2.29. The number of hydrogen-bond donors (Lipinski definition) is 1. The molecule has 18 heavy (non-hydrogen) atoms. The minimum absolute atomic E-state index is 0.137. The number of nitrogens with zero attached hydrogens (tertiary/aromatic N) is 1. The van der Waals surface area contributed by atoms with Gasteiger partial charge in [-0.25, -0.2) is 0 Å². The van der Waals surface area contributed by atoms with Crippen LogP contribution in [-0.2, 0) is 4.79 Å². The highest BCUT2D eigenvalue weighted by molar-refractivity contribution is 7.80. The molecule has 96 valence electrons. The smallest absolute Gasteiger partial charge is 0.227 e. The quantitative estimate of drug-likeness (QED) is 0.849. The van der Waals surface area contributed by atoms with E-state index in [4.69, 9.17) is 29.6 Å². The molecule has 1 saturated heterocycles. The zero-order valence-corrected chi connectivity index (χ0v) is 11.6. The fraction of sp³-hybridized carbons (Fsp3) is 0.385. The van der Waals surface area contributed by atoms with Crippen LogP contribution in [0.4, 0.5) is 5.69 Å². The lowest BCUT2D eigenvalue weighted by atomic mass is 10.2. The minimum atomic E-state index is 0.137. The van der Waals surface area contributed by atoms with E-state index >= 15 is 0 Å². The van der Waals surface area contributed by atoms with Crippen LogP contribution in [-0.4, -0.2) is 17.4 Å². The molecule has 1 amide bonds. The standard InChI is InChI=1S/C13H15ClN2OS/c14-10-8-9(13(15)18)5-6-11(10)16-7-3-1-2-4-12(16)17/h5-6,8H,1-4,7H2,(H2,15,18). The zero-order chi connectivity index (χ0) is 13.1. The average Bonchev–Trinajstić information content (AvgIpc) is 2.54. The van der Waals surface area contributed by atoms with Crippen molar-refractivity contribution in [2.24, 2.45) is 5.73 Å². The van der Waals surface area contributed by atoms with Crippen LogP contribution in [0.3, 0.4) is 0 Å². The van der Waals surface area contributed by atoms with Gasteiger partial charge in [0, 0.05) is 18.5 Å². The van der Waals surface area contributed by atoms with E-state index < -0.39 is 0 Å². The average molecular weight is 283 g/mol. The molecule has 0 bridgehead atoms. The zero-order valence-electron chi connectivity index (χ0n) is 9.99. The van der Waals surface area contributed by atoms with Gasteiger partial charge in [0.15, 0.2) is 0 Å². The summed E-state index contributed by atoms with van der Waals surface area (Å²) in [6.45, 7) is 0.727. The molecule has 5 heteroatoms. The summed E-state index contributed by atoms with van der Waals surface area (Å²) in [6.07, 6.45) is 3.65. The monoisotopic (exact) mass is 282 g/mol. The summed E-state index contributed by atoms with van der Waals surface area (Å²) < 4.78 is 0. The Hall–Kier alpha value is -1.13. The van der Waals surface area contributed by atoms with Crippen molar-refractivity contribution in [3.8, 4) is 0 Å². The second-order valence-corrected chi connectivity index (χ2v) is 5.23. The Bertz CT molecular complexity index is 490. The van der Waals surface area contributed by atoms with Crippen LogP contribution in [0.1, 0.15) is 31.2 Å². The predicted molar refractivity (Wildman–Crippen MR) is 78.2 cm³/mol. The fourth-order valence-corrected chi connectivity index (χ4v) is 2.53. The van der Waals surface area contributed by atoms with Gasteiger partial charge in [-0.3, -0.25) is 4.79 Å². The molecule has 0 aliphatic carbocycles. The summed E-state index contributed by atoms with van der Waals surface area (Å²) in [5.41, 5.74) is 7.03. The summed E-state index contributed by atoms with van der Waals surface area (Å²) in [4.78, 5) is 14.1.